The topological polar surface area (TPSA) is 124 Å². The second-order valence-corrected chi connectivity index (χ2v) is 7.41. The molecule has 0 aromatic carbocycles. The first-order valence-electron chi connectivity index (χ1n) is 8.33. The van der Waals surface area contributed by atoms with Crippen LogP contribution in [0.5, 0.6) is 0 Å². The normalized spacial score (nSPS) is 25.6. The highest BCUT2D eigenvalue weighted by Gasteiger charge is 2.46. The molecule has 0 unspecified atom stereocenters. The monoisotopic (exact) mass is 365 g/mol. The van der Waals surface area contributed by atoms with Gasteiger partial charge in [-0.2, -0.15) is 0 Å². The molecule has 0 saturated carbocycles. The third-order valence-corrected chi connectivity index (χ3v) is 4.62. The van der Waals surface area contributed by atoms with Crippen LogP contribution in [0.15, 0.2) is 35.5 Å². The Balaban J connectivity index is 2.98. The van der Waals surface area contributed by atoms with E-state index in [1.54, 1.807) is 33.8 Å². The summed E-state index contributed by atoms with van der Waals surface area (Å²) in [6.45, 7) is 8.15. The van der Waals surface area contributed by atoms with E-state index in [9.17, 15) is 24.6 Å². The molecule has 4 N–H and O–H groups in total. The molecule has 7 heteroatoms. The number of hydrogen-bond acceptors (Lipinski definition) is 5. The van der Waals surface area contributed by atoms with Gasteiger partial charge in [-0.05, 0) is 44.1 Å². The van der Waals surface area contributed by atoms with Crippen molar-refractivity contribution in [2.45, 2.75) is 58.8 Å². The summed E-state index contributed by atoms with van der Waals surface area (Å²) in [5, 5.41) is 31.6. The summed E-state index contributed by atoms with van der Waals surface area (Å²) in [6, 6.07) is -1.41. The van der Waals surface area contributed by atoms with Gasteiger partial charge in [-0.15, -0.1) is 0 Å². The van der Waals surface area contributed by atoms with Gasteiger partial charge in [0.05, 0.1) is 6.10 Å². The number of aliphatic carboxylic acids is 1. The van der Waals surface area contributed by atoms with Gasteiger partial charge < -0.3 is 20.6 Å². The minimum Gasteiger partial charge on any atom is -0.480 e. The standard InChI is InChI=1S/C19H27NO6/c1-11(8-15(23)20-16(13(3)21)17(24)25)6-7-19(26)12(2)9-14(22)10-18(19,4)5/h6-9,13,16,21,26H,10H2,1-5H3,(H,20,23)(H,24,25)/b7-6+,11-8-/t13-,16+,19-/m1/s1. The summed E-state index contributed by atoms with van der Waals surface area (Å²) in [5.41, 5.74) is -1.04. The molecule has 26 heavy (non-hydrogen) atoms. The van der Waals surface area contributed by atoms with Crippen LogP contribution >= 0.6 is 0 Å². The Morgan fingerprint density at radius 1 is 1.35 bits per heavy atom. The van der Waals surface area contributed by atoms with Crippen LogP contribution in [0.3, 0.4) is 0 Å². The number of aliphatic hydroxyl groups is 2. The Morgan fingerprint density at radius 3 is 2.38 bits per heavy atom. The average Bonchev–Trinajstić information content (AvgIpc) is 2.47. The van der Waals surface area contributed by atoms with Crippen molar-refractivity contribution in [3.8, 4) is 0 Å². The predicted molar refractivity (Wildman–Crippen MR) is 96.3 cm³/mol. The maximum absolute atomic E-state index is 11.9. The summed E-state index contributed by atoms with van der Waals surface area (Å²) >= 11 is 0. The lowest BCUT2D eigenvalue weighted by molar-refractivity contribution is -0.144. The third kappa shape index (κ3) is 4.89. The maximum Gasteiger partial charge on any atom is 0.328 e. The van der Waals surface area contributed by atoms with Crippen LogP contribution < -0.4 is 5.32 Å². The minimum absolute atomic E-state index is 0.0462. The van der Waals surface area contributed by atoms with E-state index < -0.39 is 35.0 Å². The molecule has 1 aliphatic rings. The Labute approximate surface area is 153 Å². The first-order valence-corrected chi connectivity index (χ1v) is 8.33. The van der Waals surface area contributed by atoms with Crippen LogP contribution in [0.25, 0.3) is 0 Å². The van der Waals surface area contributed by atoms with Crippen molar-refractivity contribution < 1.29 is 29.7 Å². The van der Waals surface area contributed by atoms with Gasteiger partial charge in [0.2, 0.25) is 5.91 Å². The number of nitrogens with one attached hydrogen (secondary N) is 1. The van der Waals surface area contributed by atoms with Crippen LogP contribution in [0.4, 0.5) is 0 Å². The van der Waals surface area contributed by atoms with Gasteiger partial charge in [0, 0.05) is 17.9 Å². The van der Waals surface area contributed by atoms with Gasteiger partial charge in [0.25, 0.3) is 0 Å². The number of carbonyl (C=O) groups is 3. The molecule has 0 saturated heterocycles. The summed E-state index contributed by atoms with van der Waals surface area (Å²) < 4.78 is 0. The highest BCUT2D eigenvalue weighted by molar-refractivity contribution is 5.93. The van der Waals surface area contributed by atoms with Crippen molar-refractivity contribution in [2.75, 3.05) is 0 Å². The van der Waals surface area contributed by atoms with E-state index in [4.69, 9.17) is 5.11 Å². The van der Waals surface area contributed by atoms with E-state index in [1.807, 2.05) is 0 Å². The first kappa shape index (κ1) is 21.8. The van der Waals surface area contributed by atoms with Crippen molar-refractivity contribution in [1.82, 2.24) is 5.32 Å². The SMILES string of the molecule is CC1=CC(=O)CC(C)(C)[C@@]1(O)/C=C/C(C)=C\C(=O)N[C@H](C(=O)O)[C@@H](C)O. The fourth-order valence-electron chi connectivity index (χ4n) is 2.95. The molecule has 0 bridgehead atoms. The molecule has 0 aromatic heterocycles. The van der Waals surface area contributed by atoms with Crippen molar-refractivity contribution in [1.29, 1.82) is 0 Å². The van der Waals surface area contributed by atoms with Crippen LogP contribution in [0.2, 0.25) is 0 Å². The Kier molecular flexibility index (Phi) is 6.68. The second kappa shape index (κ2) is 7.97. The molecule has 0 fully saturated rings. The quantitative estimate of drug-likeness (QED) is 0.413. The number of ketones is 1. The smallest absolute Gasteiger partial charge is 0.328 e. The van der Waals surface area contributed by atoms with E-state index in [1.165, 1.54) is 25.2 Å². The Hall–Kier alpha value is -2.25. The van der Waals surface area contributed by atoms with Gasteiger partial charge >= 0.3 is 5.97 Å². The van der Waals surface area contributed by atoms with Crippen LogP contribution in [-0.2, 0) is 14.4 Å². The van der Waals surface area contributed by atoms with Crippen molar-refractivity contribution in [3.63, 3.8) is 0 Å². The zero-order chi connectivity index (χ0) is 20.3. The number of aliphatic hydroxyl groups excluding tert-OH is 1. The summed E-state index contributed by atoms with van der Waals surface area (Å²) in [4.78, 5) is 34.6. The second-order valence-electron chi connectivity index (χ2n) is 7.41. The molecule has 1 aliphatic carbocycles. The molecule has 0 heterocycles. The lowest BCUT2D eigenvalue weighted by Crippen LogP contribution is -2.48. The van der Waals surface area contributed by atoms with Crippen molar-refractivity contribution >= 4 is 17.7 Å². The average molecular weight is 365 g/mol. The molecule has 0 radical (unpaired) electrons. The summed E-state index contributed by atoms with van der Waals surface area (Å²) in [7, 11) is 0. The van der Waals surface area contributed by atoms with E-state index in [0.29, 0.717) is 11.1 Å². The molecule has 3 atom stereocenters. The molecule has 144 valence electrons. The number of amides is 1. The predicted octanol–water partition coefficient (Wildman–Crippen LogP) is 1.12. The fraction of sp³-hybridized carbons (Fsp3) is 0.526. The Morgan fingerprint density at radius 2 is 1.92 bits per heavy atom. The Bertz CT molecular complexity index is 686. The van der Waals surface area contributed by atoms with Crippen LogP contribution in [-0.4, -0.2) is 50.7 Å². The molecule has 1 rings (SSSR count). The summed E-state index contributed by atoms with van der Waals surface area (Å²) in [6.07, 6.45) is 4.64. The lowest BCUT2D eigenvalue weighted by atomic mass is 9.64. The fourth-order valence-corrected chi connectivity index (χ4v) is 2.95. The lowest BCUT2D eigenvalue weighted by Gasteiger charge is -2.44. The molecule has 0 aromatic rings. The van der Waals surface area contributed by atoms with Gasteiger partial charge in [0.15, 0.2) is 11.8 Å². The van der Waals surface area contributed by atoms with Gasteiger partial charge in [-0.3, -0.25) is 9.59 Å². The van der Waals surface area contributed by atoms with Crippen molar-refractivity contribution in [2.24, 2.45) is 5.41 Å². The van der Waals surface area contributed by atoms with E-state index in [2.05, 4.69) is 5.32 Å². The molecular weight excluding hydrogens is 338 g/mol. The van der Waals surface area contributed by atoms with Crippen molar-refractivity contribution in [3.05, 3.63) is 35.5 Å². The van der Waals surface area contributed by atoms with Crippen LogP contribution in [0, 0.1) is 5.41 Å². The number of carbonyl (C=O) groups excluding carboxylic acids is 2. The number of rotatable bonds is 6. The number of carboxylic acid groups (broad SMARTS) is 1. The minimum atomic E-state index is -1.41. The first-order chi connectivity index (χ1) is 11.8. The molecule has 1 amide bonds. The van der Waals surface area contributed by atoms with E-state index in [0.717, 1.165) is 0 Å². The number of hydrogen-bond donors (Lipinski definition) is 4. The maximum atomic E-state index is 11.9. The van der Waals surface area contributed by atoms with E-state index >= 15 is 0 Å². The molecule has 7 nitrogen and oxygen atoms in total. The van der Waals surface area contributed by atoms with Gasteiger partial charge in [0.1, 0.15) is 5.60 Å². The largest absolute Gasteiger partial charge is 0.480 e. The van der Waals surface area contributed by atoms with Gasteiger partial charge in [-0.25, -0.2) is 4.79 Å². The van der Waals surface area contributed by atoms with Gasteiger partial charge in [-0.1, -0.05) is 19.9 Å². The highest BCUT2D eigenvalue weighted by atomic mass is 16.4. The molecule has 0 aliphatic heterocycles. The molecule has 0 spiro atoms. The zero-order valence-corrected chi connectivity index (χ0v) is 15.7. The number of carboxylic acids is 1. The van der Waals surface area contributed by atoms with E-state index in [-0.39, 0.29) is 12.2 Å². The van der Waals surface area contributed by atoms with Crippen LogP contribution in [0.1, 0.15) is 41.0 Å². The zero-order valence-electron chi connectivity index (χ0n) is 15.7. The highest BCUT2D eigenvalue weighted by Crippen LogP contribution is 2.44. The third-order valence-electron chi connectivity index (χ3n) is 4.62. The number of allylic oxidation sites excluding steroid dienone is 3. The molecular formula is C19H27NO6. The summed E-state index contributed by atoms with van der Waals surface area (Å²) in [5.74, 6) is -2.05.